The van der Waals surface area contributed by atoms with Crippen LogP contribution < -0.4 is 4.90 Å². The second kappa shape index (κ2) is 14.0. The van der Waals surface area contributed by atoms with Gasteiger partial charge in [0.25, 0.3) is 0 Å². The van der Waals surface area contributed by atoms with Crippen LogP contribution in [0.15, 0.2) is 180 Å². The number of para-hydroxylation sites is 2. The fourth-order valence-electron chi connectivity index (χ4n) is 14.1. The van der Waals surface area contributed by atoms with E-state index >= 15 is 0 Å². The predicted molar refractivity (Wildman–Crippen MR) is 303 cm³/mol. The molecule has 0 saturated carbocycles. The minimum absolute atomic E-state index is 0.227. The van der Waals surface area contributed by atoms with Crippen LogP contribution in [0, 0.1) is 13.8 Å². The summed E-state index contributed by atoms with van der Waals surface area (Å²) >= 11 is 0. The number of aromatic nitrogens is 1. The molecule has 15 rings (SSSR count). The van der Waals surface area contributed by atoms with Crippen molar-refractivity contribution in [1.82, 2.24) is 4.98 Å². The van der Waals surface area contributed by atoms with Gasteiger partial charge in [-0.1, -0.05) is 174 Å². The van der Waals surface area contributed by atoms with Gasteiger partial charge in [0.1, 0.15) is 11.2 Å². The highest BCUT2D eigenvalue weighted by Gasteiger charge is 2.49. The fourth-order valence-corrected chi connectivity index (χ4v) is 14.1. The summed E-state index contributed by atoms with van der Waals surface area (Å²) in [5, 5.41) is 7.42. The number of hydrogen-bond donors (Lipinski definition) is 1. The van der Waals surface area contributed by atoms with Crippen molar-refractivity contribution in [3.63, 3.8) is 0 Å². The molecule has 0 bridgehead atoms. The number of benzene rings is 10. The van der Waals surface area contributed by atoms with Gasteiger partial charge in [-0.25, -0.2) is 0 Å². The maximum atomic E-state index is 7.01. The highest BCUT2D eigenvalue weighted by atomic mass is 16.3. The lowest BCUT2D eigenvalue weighted by atomic mass is 9.72. The number of nitrogens with zero attached hydrogens (tertiary/aromatic N) is 1. The van der Waals surface area contributed by atoms with Crippen molar-refractivity contribution in [3.8, 4) is 44.5 Å². The third-order valence-electron chi connectivity index (χ3n) is 17.3. The molecule has 0 saturated heterocycles. The third-order valence-corrected chi connectivity index (χ3v) is 17.3. The molecule has 0 unspecified atom stereocenters. The summed E-state index contributed by atoms with van der Waals surface area (Å²) in [5.74, 6) is 0. The number of furan rings is 1. The first kappa shape index (κ1) is 41.6. The number of aromatic amines is 1. The Kier molecular flexibility index (Phi) is 8.12. The van der Waals surface area contributed by atoms with Crippen LogP contribution in [-0.2, 0) is 16.2 Å². The first-order chi connectivity index (χ1) is 34.8. The van der Waals surface area contributed by atoms with Crippen molar-refractivity contribution in [2.24, 2.45) is 0 Å². The van der Waals surface area contributed by atoms with Gasteiger partial charge in [-0.15, -0.1) is 0 Å². The number of anilines is 3. The number of H-pyrrole nitrogens is 1. The summed E-state index contributed by atoms with van der Waals surface area (Å²) in [5.41, 5.74) is 27.9. The summed E-state index contributed by atoms with van der Waals surface area (Å²) in [6.07, 6.45) is 0. The Labute approximate surface area is 420 Å². The zero-order valence-corrected chi connectivity index (χ0v) is 42.1. The molecule has 0 amide bonds. The molecular weight excluding hydrogens is 873 g/mol. The van der Waals surface area contributed by atoms with Gasteiger partial charge in [0.2, 0.25) is 0 Å². The Balaban J connectivity index is 0.961. The van der Waals surface area contributed by atoms with Crippen molar-refractivity contribution in [3.05, 3.63) is 220 Å². The monoisotopic (exact) mass is 926 g/mol. The topological polar surface area (TPSA) is 32.2 Å². The fraction of sp³-hybridized carbons (Fsp3) is 0.159. The molecule has 2 heterocycles. The minimum atomic E-state index is -0.328. The molecule has 10 aromatic carbocycles. The molecule has 0 aliphatic heterocycles. The van der Waals surface area contributed by atoms with Crippen molar-refractivity contribution in [2.45, 2.75) is 71.6 Å². The average Bonchev–Trinajstić information content (AvgIpc) is 4.14. The Morgan fingerprint density at radius 1 is 0.417 bits per heavy atom. The van der Waals surface area contributed by atoms with E-state index in [9.17, 15) is 0 Å². The van der Waals surface area contributed by atoms with Crippen LogP contribution in [0.2, 0.25) is 0 Å². The van der Waals surface area contributed by atoms with Crippen molar-refractivity contribution < 1.29 is 4.42 Å². The van der Waals surface area contributed by atoms with E-state index in [2.05, 4.69) is 241 Å². The first-order valence-electron chi connectivity index (χ1n) is 25.7. The van der Waals surface area contributed by atoms with Gasteiger partial charge >= 0.3 is 0 Å². The molecule has 0 radical (unpaired) electrons. The van der Waals surface area contributed by atoms with E-state index < -0.39 is 0 Å². The zero-order chi connectivity index (χ0) is 48.7. The number of nitrogens with one attached hydrogen (secondary N) is 1. The van der Waals surface area contributed by atoms with Crippen LogP contribution in [0.25, 0.3) is 99.0 Å². The van der Waals surface area contributed by atoms with Gasteiger partial charge in [0.05, 0.1) is 5.52 Å². The van der Waals surface area contributed by atoms with E-state index in [0.29, 0.717) is 0 Å². The van der Waals surface area contributed by atoms with Gasteiger partial charge in [-0.2, -0.15) is 0 Å². The Morgan fingerprint density at radius 3 is 1.78 bits per heavy atom. The van der Waals surface area contributed by atoms with Crippen LogP contribution in [-0.4, -0.2) is 4.98 Å². The lowest BCUT2D eigenvalue weighted by Gasteiger charge is -2.32. The van der Waals surface area contributed by atoms with E-state index in [1.54, 1.807) is 0 Å². The highest BCUT2D eigenvalue weighted by Crippen LogP contribution is 2.64. The van der Waals surface area contributed by atoms with Gasteiger partial charge < -0.3 is 14.3 Å². The van der Waals surface area contributed by atoms with E-state index in [0.717, 1.165) is 28.2 Å². The third kappa shape index (κ3) is 5.35. The van der Waals surface area contributed by atoms with E-state index in [4.69, 9.17) is 4.42 Å². The number of hydrogen-bond acceptors (Lipinski definition) is 2. The normalized spacial score (nSPS) is 15.3. The SMILES string of the molecule is Cc1cc(C)cc(-c2cc3c(c4c2[nH]c2ccccc24)-c2ccc(N(c4ccc5c(c4)C(C)(C)c4c6c(c7oc8ccccc8c7c4-5)-c4ccccc4C6(C)C)c4ccc5ccccc5c4)cc2C3(C)C)c1. The van der Waals surface area contributed by atoms with Gasteiger partial charge in [0, 0.05) is 71.5 Å². The Hall–Kier alpha value is -8.14. The summed E-state index contributed by atoms with van der Waals surface area (Å²) < 4.78 is 7.01. The molecule has 72 heavy (non-hydrogen) atoms. The molecule has 12 aromatic rings. The van der Waals surface area contributed by atoms with Crippen LogP contribution in [0.4, 0.5) is 17.1 Å². The lowest BCUT2D eigenvalue weighted by Crippen LogP contribution is -2.24. The second-order valence-electron chi connectivity index (χ2n) is 22.7. The van der Waals surface area contributed by atoms with E-state index in [1.807, 2.05) is 0 Å². The van der Waals surface area contributed by atoms with Crippen molar-refractivity contribution in [2.75, 3.05) is 4.90 Å². The molecule has 346 valence electrons. The maximum Gasteiger partial charge on any atom is 0.144 e. The van der Waals surface area contributed by atoms with Crippen LogP contribution in [0.5, 0.6) is 0 Å². The standard InChI is InChI=1S/C69H54N2O/c1-38-31-39(2)33-42(32-38)51-37-55-58(60-49-20-12-15-23-56(49)70-65(51)60)47-29-27-44(35-53(47)67(55,3)4)71(43-26-25-40-17-9-10-18-41(40)34-43)45-28-30-48-54(36-45)69(7,8)63-59(48)61-50-21-13-16-24-57(50)72-66(61)62-46-19-11-14-22-52(46)68(5,6)64(62)63/h9-37,70H,1-8H3. The predicted octanol–water partition coefficient (Wildman–Crippen LogP) is 19.0. The molecule has 3 aliphatic rings. The smallest absolute Gasteiger partial charge is 0.144 e. The molecular formula is C69H54N2O. The Morgan fingerprint density at radius 2 is 1.00 bits per heavy atom. The summed E-state index contributed by atoms with van der Waals surface area (Å²) in [6, 6.07) is 66.3. The van der Waals surface area contributed by atoms with Crippen LogP contribution in [0.3, 0.4) is 0 Å². The largest absolute Gasteiger partial charge is 0.455 e. The highest BCUT2D eigenvalue weighted by molar-refractivity contribution is 6.22. The van der Waals surface area contributed by atoms with Crippen molar-refractivity contribution >= 4 is 71.6 Å². The number of aryl methyl sites for hydroxylation is 2. The minimum Gasteiger partial charge on any atom is -0.455 e. The van der Waals surface area contributed by atoms with E-state index in [-0.39, 0.29) is 16.2 Å². The number of fused-ring (bicyclic) bond motifs is 20. The molecule has 0 fully saturated rings. The molecule has 1 N–H and O–H groups in total. The first-order valence-corrected chi connectivity index (χ1v) is 25.7. The van der Waals surface area contributed by atoms with Crippen molar-refractivity contribution in [1.29, 1.82) is 0 Å². The maximum absolute atomic E-state index is 7.01. The molecule has 0 atom stereocenters. The van der Waals surface area contributed by atoms with Gasteiger partial charge in [0.15, 0.2) is 0 Å². The zero-order valence-electron chi connectivity index (χ0n) is 42.1. The second-order valence-corrected chi connectivity index (χ2v) is 22.7. The molecule has 3 heteroatoms. The lowest BCUT2D eigenvalue weighted by molar-refractivity contribution is 0.600. The van der Waals surface area contributed by atoms with Crippen LogP contribution in [0.1, 0.15) is 86.1 Å². The van der Waals surface area contributed by atoms with Crippen LogP contribution >= 0.6 is 0 Å². The summed E-state index contributed by atoms with van der Waals surface area (Å²) in [4.78, 5) is 6.43. The molecule has 3 aliphatic carbocycles. The molecule has 3 nitrogen and oxygen atoms in total. The van der Waals surface area contributed by atoms with Gasteiger partial charge in [-0.3, -0.25) is 0 Å². The van der Waals surface area contributed by atoms with Gasteiger partial charge in [-0.05, 0) is 146 Å². The molecule has 2 aromatic heterocycles. The average molecular weight is 927 g/mol. The van der Waals surface area contributed by atoms with E-state index in [1.165, 1.54) is 132 Å². The quantitative estimate of drug-likeness (QED) is 0.191. The summed E-state index contributed by atoms with van der Waals surface area (Å²) in [6.45, 7) is 19.0. The summed E-state index contributed by atoms with van der Waals surface area (Å²) in [7, 11) is 0. The molecule has 0 spiro atoms. The Bertz CT molecular complexity index is 4380. The number of rotatable bonds is 4.